The molecule has 17 heteroatoms. The van der Waals surface area contributed by atoms with Crippen molar-refractivity contribution in [2.24, 2.45) is 46.4 Å². The van der Waals surface area contributed by atoms with Crippen molar-refractivity contribution >= 4 is 29.5 Å². The van der Waals surface area contributed by atoms with Crippen LogP contribution in [0.2, 0.25) is 0 Å². The van der Waals surface area contributed by atoms with E-state index in [1.54, 1.807) is 12.1 Å². The van der Waals surface area contributed by atoms with E-state index in [-0.39, 0.29) is 36.3 Å². The lowest BCUT2D eigenvalue weighted by Gasteiger charge is -2.43. The number of phenolic OH excluding ortho intramolecular Hbond substituents is 1. The summed E-state index contributed by atoms with van der Waals surface area (Å²) in [5, 5.41) is 24.4. The monoisotopic (exact) mass is 772 g/mol. The zero-order valence-electron chi connectivity index (χ0n) is 32.1. The van der Waals surface area contributed by atoms with Crippen LogP contribution in [0.3, 0.4) is 0 Å². The molecule has 1 saturated heterocycles. The summed E-state index contributed by atoms with van der Waals surface area (Å²) in [6.45, 7) is 1.56. The third-order valence-corrected chi connectivity index (χ3v) is 11.3. The van der Waals surface area contributed by atoms with Gasteiger partial charge in [-0.25, -0.2) is 0 Å². The number of unbranched alkanes of at least 4 members (excludes halogenated alkanes) is 1. The topological polar surface area (TPSA) is 299 Å². The van der Waals surface area contributed by atoms with Crippen LogP contribution in [0, 0.1) is 17.8 Å². The number of likely N-dealkylation sites (tertiary alicyclic amines) is 1. The number of phenols is 1. The first kappa shape index (κ1) is 43.9. The Labute approximate surface area is 324 Å². The second kappa shape index (κ2) is 22.0. The van der Waals surface area contributed by atoms with Gasteiger partial charge in [0.1, 0.15) is 42.5 Å². The molecule has 16 N–H and O–H groups in total. The number of primary amides is 1. The smallest absolute Gasteiger partial charge is 0.245 e. The van der Waals surface area contributed by atoms with Crippen LogP contribution in [-0.2, 0) is 30.4 Å². The third kappa shape index (κ3) is 14.3. The fourth-order valence-electron chi connectivity index (χ4n) is 7.97. The molecular formula is C38H65N11O6. The van der Waals surface area contributed by atoms with Crippen molar-refractivity contribution in [3.63, 3.8) is 0 Å². The molecule has 0 radical (unpaired) electrons. The van der Waals surface area contributed by atoms with Gasteiger partial charge >= 0.3 is 0 Å². The second-order valence-corrected chi connectivity index (χ2v) is 15.7. The number of hydrogen-bond acceptors (Lipinski definition) is 12. The zero-order chi connectivity index (χ0) is 39.9. The Bertz CT molecular complexity index is 1400. The van der Waals surface area contributed by atoms with Crippen molar-refractivity contribution < 1.29 is 29.1 Å². The van der Waals surface area contributed by atoms with Gasteiger partial charge in [0.25, 0.3) is 0 Å². The van der Waals surface area contributed by atoms with Crippen molar-refractivity contribution in [1.82, 2.24) is 31.5 Å². The van der Waals surface area contributed by atoms with Gasteiger partial charge in [-0.05, 0) is 93.9 Å². The summed E-state index contributed by atoms with van der Waals surface area (Å²) < 4.78 is 0. The van der Waals surface area contributed by atoms with Crippen LogP contribution >= 0.6 is 0 Å². The summed E-state index contributed by atoms with van der Waals surface area (Å²) in [6.07, 6.45) is 9.59. The minimum absolute atomic E-state index is 0.0452. The van der Waals surface area contributed by atoms with Gasteiger partial charge < -0.3 is 54.6 Å². The Morgan fingerprint density at radius 1 is 0.727 bits per heavy atom. The van der Waals surface area contributed by atoms with E-state index < -0.39 is 54.5 Å². The van der Waals surface area contributed by atoms with Gasteiger partial charge in [0.15, 0.2) is 0 Å². The maximum absolute atomic E-state index is 14.2. The number of nitrogens with one attached hydrogen (secondary N) is 5. The Balaban J connectivity index is 1.42. The number of amides is 5. The second-order valence-electron chi connectivity index (χ2n) is 15.7. The molecule has 0 aromatic heterocycles. The fourth-order valence-corrected chi connectivity index (χ4v) is 7.97. The van der Waals surface area contributed by atoms with Crippen molar-refractivity contribution in [2.75, 3.05) is 19.6 Å². The molecule has 1 aromatic rings. The van der Waals surface area contributed by atoms with Crippen LogP contribution < -0.4 is 55.3 Å². The molecule has 17 nitrogen and oxygen atoms in total. The molecule has 1 aliphatic heterocycles. The maximum Gasteiger partial charge on any atom is 0.245 e. The summed E-state index contributed by atoms with van der Waals surface area (Å²) in [6, 6.07) is 2.54. The SMILES string of the molecule is NC(=O)C(CCCCNC(N)N)NC(=O)C(Cc1ccc(O)cc1)NC(=O)C1CCN1C(=O)C(CC1CCCCC1)NC(=O)C1CCC(CNC(N)N)CC1. The lowest BCUT2D eigenvalue weighted by molar-refractivity contribution is -0.151. The summed E-state index contributed by atoms with van der Waals surface area (Å²) in [4.78, 5) is 69.2. The Morgan fingerprint density at radius 2 is 1.38 bits per heavy atom. The number of nitrogens with zero attached hydrogens (tertiary/aromatic N) is 1. The van der Waals surface area contributed by atoms with E-state index >= 15 is 0 Å². The Hall–Kier alpha value is -3.87. The predicted molar refractivity (Wildman–Crippen MR) is 208 cm³/mol. The third-order valence-electron chi connectivity index (χ3n) is 11.3. The average Bonchev–Trinajstić information content (AvgIpc) is 3.13. The lowest BCUT2D eigenvalue weighted by atomic mass is 9.81. The van der Waals surface area contributed by atoms with Gasteiger partial charge in [0, 0.05) is 25.4 Å². The van der Waals surface area contributed by atoms with Crippen molar-refractivity contribution in [1.29, 1.82) is 0 Å². The minimum Gasteiger partial charge on any atom is -0.508 e. The maximum atomic E-state index is 14.2. The number of nitrogens with two attached hydrogens (primary N) is 5. The molecule has 3 fully saturated rings. The average molecular weight is 772 g/mol. The molecule has 2 aliphatic carbocycles. The molecule has 4 rings (SSSR count). The first-order chi connectivity index (χ1) is 26.3. The molecule has 0 bridgehead atoms. The molecule has 1 heterocycles. The molecule has 4 unspecified atom stereocenters. The van der Waals surface area contributed by atoms with E-state index in [4.69, 9.17) is 28.7 Å². The van der Waals surface area contributed by atoms with Gasteiger partial charge in [-0.2, -0.15) is 0 Å². The molecule has 3 aliphatic rings. The van der Waals surface area contributed by atoms with E-state index in [1.165, 1.54) is 17.0 Å². The predicted octanol–water partition coefficient (Wildman–Crippen LogP) is -0.996. The highest BCUT2D eigenvalue weighted by atomic mass is 16.3. The lowest BCUT2D eigenvalue weighted by Crippen LogP contribution is -2.64. The summed E-state index contributed by atoms with van der Waals surface area (Å²) in [5.41, 5.74) is 28.6. The molecule has 4 atom stereocenters. The first-order valence-electron chi connectivity index (χ1n) is 20.1. The van der Waals surface area contributed by atoms with E-state index in [1.807, 2.05) is 0 Å². The molecule has 308 valence electrons. The van der Waals surface area contributed by atoms with Crippen LogP contribution in [-0.4, -0.2) is 95.9 Å². The Morgan fingerprint density at radius 3 is 1.98 bits per heavy atom. The first-order valence-corrected chi connectivity index (χ1v) is 20.1. The van der Waals surface area contributed by atoms with Crippen LogP contribution in [0.25, 0.3) is 0 Å². The molecule has 0 spiro atoms. The number of rotatable bonds is 21. The van der Waals surface area contributed by atoms with E-state index in [9.17, 15) is 29.1 Å². The van der Waals surface area contributed by atoms with E-state index in [0.29, 0.717) is 75.6 Å². The Kier molecular flexibility index (Phi) is 17.6. The van der Waals surface area contributed by atoms with Crippen molar-refractivity contribution in [2.45, 2.75) is 133 Å². The van der Waals surface area contributed by atoms with Gasteiger partial charge in [-0.3, -0.25) is 34.6 Å². The number of benzene rings is 1. The highest BCUT2D eigenvalue weighted by molar-refractivity contribution is 5.96. The molecule has 55 heavy (non-hydrogen) atoms. The van der Waals surface area contributed by atoms with Crippen LogP contribution in [0.4, 0.5) is 0 Å². The minimum atomic E-state index is -1.11. The summed E-state index contributed by atoms with van der Waals surface area (Å²) in [5.74, 6) is -1.74. The van der Waals surface area contributed by atoms with Crippen LogP contribution in [0.1, 0.15) is 95.5 Å². The van der Waals surface area contributed by atoms with Crippen molar-refractivity contribution in [3.8, 4) is 5.75 Å². The number of hydrogen-bond donors (Lipinski definition) is 11. The van der Waals surface area contributed by atoms with Gasteiger partial charge in [0.2, 0.25) is 29.5 Å². The fraction of sp³-hybridized carbons (Fsp3) is 0.711. The number of carbonyl (C=O) groups excluding carboxylic acids is 5. The van der Waals surface area contributed by atoms with Crippen LogP contribution in [0.5, 0.6) is 5.75 Å². The van der Waals surface area contributed by atoms with Crippen LogP contribution in [0.15, 0.2) is 24.3 Å². The van der Waals surface area contributed by atoms with E-state index in [0.717, 1.165) is 44.9 Å². The highest BCUT2D eigenvalue weighted by Gasteiger charge is 2.43. The number of aromatic hydroxyl groups is 1. The largest absolute Gasteiger partial charge is 0.508 e. The standard InChI is InChI=1S/C38H65N11O6/c39-32(51)28(8-4-5-18-44-37(40)41)46-34(53)29(20-24-11-15-27(50)16-12-24)47-35(54)31-17-19-49(31)36(55)30(21-23-6-2-1-3-7-23)48-33(52)26-13-9-25(10-14-26)22-45-38(42)43/h11-12,15-16,23,25-26,28-31,37-38,44-45,50H,1-10,13-14,17-22,40-43H2,(H2,39,51)(H,46,53)(H,47,54)(H,48,52). The summed E-state index contributed by atoms with van der Waals surface area (Å²) in [7, 11) is 0. The van der Waals surface area contributed by atoms with Crippen molar-refractivity contribution in [3.05, 3.63) is 29.8 Å². The molecule has 1 aromatic carbocycles. The van der Waals surface area contributed by atoms with Gasteiger partial charge in [-0.15, -0.1) is 0 Å². The zero-order valence-corrected chi connectivity index (χ0v) is 32.1. The molecule has 5 amide bonds. The van der Waals surface area contributed by atoms with E-state index in [2.05, 4.69) is 26.6 Å². The van der Waals surface area contributed by atoms with Gasteiger partial charge in [0.05, 0.1) is 0 Å². The quantitative estimate of drug-likeness (QED) is 0.0530. The molecular weight excluding hydrogens is 706 g/mol. The summed E-state index contributed by atoms with van der Waals surface area (Å²) >= 11 is 0. The van der Waals surface area contributed by atoms with Gasteiger partial charge in [-0.1, -0.05) is 44.2 Å². The normalized spacial score (nSPS) is 22.0. The number of carbonyl (C=O) groups is 5. The highest BCUT2D eigenvalue weighted by Crippen LogP contribution is 2.31. The molecule has 2 saturated carbocycles.